The number of methoxy groups -OCH3 is 1. The Labute approximate surface area is 98.6 Å². The third-order valence-electron chi connectivity index (χ3n) is 1.99. The van der Waals surface area contributed by atoms with Crippen molar-refractivity contribution in [2.45, 2.75) is 6.42 Å². The van der Waals surface area contributed by atoms with E-state index >= 15 is 0 Å². The molecule has 0 radical (unpaired) electrons. The number of nitro benzene ring substituents is 1. The molecule has 0 aromatic heterocycles. The van der Waals surface area contributed by atoms with Gasteiger partial charge in [0.2, 0.25) is 0 Å². The van der Waals surface area contributed by atoms with Crippen LogP contribution in [-0.4, -0.2) is 17.9 Å². The van der Waals surface area contributed by atoms with Crippen LogP contribution >= 0.6 is 11.6 Å². The largest absolute Gasteiger partial charge is 0.490 e. The van der Waals surface area contributed by atoms with Crippen LogP contribution in [0.3, 0.4) is 0 Å². The van der Waals surface area contributed by atoms with E-state index in [1.54, 1.807) is 18.2 Å². The molecular weight excluding hydrogens is 230 g/mol. The van der Waals surface area contributed by atoms with E-state index in [0.29, 0.717) is 5.88 Å². The van der Waals surface area contributed by atoms with E-state index in [9.17, 15) is 10.1 Å². The maximum atomic E-state index is 10.7. The molecule has 0 amide bonds. The van der Waals surface area contributed by atoms with Crippen molar-refractivity contribution in [3.8, 4) is 5.75 Å². The summed E-state index contributed by atoms with van der Waals surface area (Å²) in [6.45, 7) is 0. The topological polar surface area (TPSA) is 52.4 Å². The van der Waals surface area contributed by atoms with Gasteiger partial charge in [-0.25, -0.2) is 0 Å². The SMILES string of the molecule is COc1ccc(C=CCCCl)cc1[N+](=O)[O-]. The fraction of sp³-hybridized carbons (Fsp3) is 0.273. The molecule has 0 N–H and O–H groups in total. The molecule has 0 unspecified atom stereocenters. The van der Waals surface area contributed by atoms with Gasteiger partial charge >= 0.3 is 5.69 Å². The van der Waals surface area contributed by atoms with Crippen molar-refractivity contribution in [1.29, 1.82) is 0 Å². The van der Waals surface area contributed by atoms with Gasteiger partial charge < -0.3 is 4.74 Å². The predicted molar refractivity (Wildman–Crippen MR) is 64.0 cm³/mol. The maximum absolute atomic E-state index is 10.7. The Bertz CT molecular complexity index is 404. The summed E-state index contributed by atoms with van der Waals surface area (Å²) in [5.74, 6) is 0.800. The lowest BCUT2D eigenvalue weighted by atomic mass is 10.1. The zero-order chi connectivity index (χ0) is 12.0. The van der Waals surface area contributed by atoms with E-state index in [0.717, 1.165) is 12.0 Å². The molecule has 0 bridgehead atoms. The van der Waals surface area contributed by atoms with Gasteiger partial charge in [0.25, 0.3) is 0 Å². The quantitative estimate of drug-likeness (QED) is 0.452. The fourth-order valence-electron chi connectivity index (χ4n) is 1.24. The minimum Gasteiger partial charge on any atom is -0.490 e. The van der Waals surface area contributed by atoms with Crippen molar-refractivity contribution >= 4 is 23.4 Å². The van der Waals surface area contributed by atoms with Crippen LogP contribution < -0.4 is 4.74 Å². The molecule has 86 valence electrons. The standard InChI is InChI=1S/C11H12ClNO3/c1-16-11-6-5-9(4-2-3-7-12)8-10(11)13(14)15/h2,4-6,8H,3,7H2,1H3. The first kappa shape index (κ1) is 12.5. The lowest BCUT2D eigenvalue weighted by molar-refractivity contribution is -0.385. The zero-order valence-electron chi connectivity index (χ0n) is 8.85. The van der Waals surface area contributed by atoms with Crippen molar-refractivity contribution in [2.75, 3.05) is 13.0 Å². The molecule has 0 atom stereocenters. The van der Waals surface area contributed by atoms with Gasteiger partial charge in [0.05, 0.1) is 12.0 Å². The lowest BCUT2D eigenvalue weighted by Gasteiger charge is -2.01. The molecule has 1 rings (SSSR count). The molecule has 16 heavy (non-hydrogen) atoms. The number of benzene rings is 1. The van der Waals surface area contributed by atoms with E-state index < -0.39 is 4.92 Å². The highest BCUT2D eigenvalue weighted by Crippen LogP contribution is 2.27. The molecule has 0 aliphatic heterocycles. The number of rotatable bonds is 5. The van der Waals surface area contributed by atoms with E-state index in [2.05, 4.69) is 0 Å². The molecule has 0 heterocycles. The Morgan fingerprint density at radius 2 is 2.31 bits per heavy atom. The second-order valence-electron chi connectivity index (χ2n) is 3.07. The highest BCUT2D eigenvalue weighted by Gasteiger charge is 2.13. The van der Waals surface area contributed by atoms with Gasteiger partial charge in [-0.1, -0.05) is 18.2 Å². The number of nitrogens with zero attached hydrogens (tertiary/aromatic N) is 1. The number of allylic oxidation sites excluding steroid dienone is 1. The highest BCUT2D eigenvalue weighted by molar-refractivity contribution is 6.17. The van der Waals surface area contributed by atoms with Crippen molar-refractivity contribution in [3.05, 3.63) is 40.0 Å². The second kappa shape index (κ2) is 6.12. The summed E-state index contributed by atoms with van der Waals surface area (Å²) in [4.78, 5) is 10.3. The maximum Gasteiger partial charge on any atom is 0.311 e. The molecule has 1 aromatic carbocycles. The molecule has 1 aromatic rings. The Morgan fingerprint density at radius 1 is 1.56 bits per heavy atom. The third-order valence-corrected chi connectivity index (χ3v) is 2.20. The zero-order valence-corrected chi connectivity index (χ0v) is 9.61. The lowest BCUT2D eigenvalue weighted by Crippen LogP contribution is -1.93. The summed E-state index contributed by atoms with van der Waals surface area (Å²) < 4.78 is 4.90. The molecule has 0 spiro atoms. The summed E-state index contributed by atoms with van der Waals surface area (Å²) in [5.41, 5.74) is 0.730. The monoisotopic (exact) mass is 241 g/mol. The van der Waals surface area contributed by atoms with Crippen molar-refractivity contribution in [3.63, 3.8) is 0 Å². The number of halogens is 1. The minimum atomic E-state index is -0.461. The number of alkyl halides is 1. The molecule has 0 saturated carbocycles. The number of hydrogen-bond donors (Lipinski definition) is 0. The molecule has 0 aliphatic rings. The molecule has 0 saturated heterocycles. The molecule has 0 aliphatic carbocycles. The summed E-state index contributed by atoms with van der Waals surface area (Å²) in [6, 6.07) is 4.82. The average Bonchev–Trinajstić information content (AvgIpc) is 2.29. The van der Waals surface area contributed by atoms with Crippen LogP contribution in [0.2, 0.25) is 0 Å². The molecule has 4 nitrogen and oxygen atoms in total. The summed E-state index contributed by atoms with van der Waals surface area (Å²) in [7, 11) is 1.41. The Kier molecular flexibility index (Phi) is 4.79. The van der Waals surface area contributed by atoms with Crippen LogP contribution in [0.25, 0.3) is 6.08 Å². The highest BCUT2D eigenvalue weighted by atomic mass is 35.5. The molecule has 5 heteroatoms. The predicted octanol–water partition coefficient (Wildman–Crippen LogP) is 3.25. The van der Waals surface area contributed by atoms with Crippen molar-refractivity contribution < 1.29 is 9.66 Å². The number of nitro groups is 1. The van der Waals surface area contributed by atoms with Crippen LogP contribution in [-0.2, 0) is 0 Å². The number of ether oxygens (including phenoxy) is 1. The van der Waals surface area contributed by atoms with E-state index in [-0.39, 0.29) is 11.4 Å². The normalized spacial score (nSPS) is 10.6. The van der Waals surface area contributed by atoms with Crippen LogP contribution in [0.15, 0.2) is 24.3 Å². The molecule has 0 fully saturated rings. The van der Waals surface area contributed by atoms with Gasteiger partial charge in [-0.15, -0.1) is 11.6 Å². The van der Waals surface area contributed by atoms with Gasteiger partial charge in [0.1, 0.15) is 0 Å². The van der Waals surface area contributed by atoms with Gasteiger partial charge in [0.15, 0.2) is 5.75 Å². The Morgan fingerprint density at radius 3 is 2.88 bits per heavy atom. The van der Waals surface area contributed by atoms with Crippen LogP contribution in [0.5, 0.6) is 5.75 Å². The van der Waals surface area contributed by atoms with E-state index in [1.807, 2.05) is 6.08 Å². The van der Waals surface area contributed by atoms with Gasteiger partial charge in [-0.2, -0.15) is 0 Å². The third kappa shape index (κ3) is 3.24. The van der Waals surface area contributed by atoms with Crippen LogP contribution in [0.4, 0.5) is 5.69 Å². The van der Waals surface area contributed by atoms with Crippen LogP contribution in [0, 0.1) is 10.1 Å². The molecular formula is C11H12ClNO3. The van der Waals surface area contributed by atoms with Gasteiger partial charge in [-0.05, 0) is 18.1 Å². The minimum absolute atomic E-state index is 0.0319. The van der Waals surface area contributed by atoms with E-state index in [1.165, 1.54) is 13.2 Å². The van der Waals surface area contributed by atoms with Crippen molar-refractivity contribution in [2.24, 2.45) is 0 Å². The first-order valence-corrected chi connectivity index (χ1v) is 5.27. The average molecular weight is 242 g/mol. The Hall–Kier alpha value is -1.55. The van der Waals surface area contributed by atoms with Crippen LogP contribution in [0.1, 0.15) is 12.0 Å². The summed E-state index contributed by atoms with van der Waals surface area (Å²) in [5, 5.41) is 10.7. The summed E-state index contributed by atoms with van der Waals surface area (Å²) in [6.07, 6.45) is 4.41. The summed E-state index contributed by atoms with van der Waals surface area (Å²) >= 11 is 5.52. The first-order chi connectivity index (χ1) is 7.69. The smallest absolute Gasteiger partial charge is 0.311 e. The second-order valence-corrected chi connectivity index (χ2v) is 3.45. The van der Waals surface area contributed by atoms with E-state index in [4.69, 9.17) is 16.3 Å². The Balaban J connectivity index is 2.98. The number of hydrogen-bond acceptors (Lipinski definition) is 3. The first-order valence-electron chi connectivity index (χ1n) is 4.74. The van der Waals surface area contributed by atoms with Crippen molar-refractivity contribution in [1.82, 2.24) is 0 Å². The van der Waals surface area contributed by atoms with Gasteiger partial charge in [0, 0.05) is 11.9 Å². The fourth-order valence-corrected chi connectivity index (χ4v) is 1.36. The van der Waals surface area contributed by atoms with Gasteiger partial charge in [-0.3, -0.25) is 10.1 Å².